The predicted octanol–water partition coefficient (Wildman–Crippen LogP) is 5.98. The SMILES string of the molecule is CCCCCCCCCCCCCCC/C=C/C([O])=O. The monoisotopic (exact) mass is 281 g/mol. The van der Waals surface area contributed by atoms with Gasteiger partial charge in [0.2, 0.25) is 0 Å². The normalized spacial score (nSPS) is 11.2. The van der Waals surface area contributed by atoms with Gasteiger partial charge in [-0.3, -0.25) is 0 Å². The first kappa shape index (κ1) is 19.2. The van der Waals surface area contributed by atoms with E-state index in [1.165, 1.54) is 77.0 Å². The number of carbonyl (C=O) groups is 1. The van der Waals surface area contributed by atoms with Crippen LogP contribution in [-0.2, 0) is 9.90 Å². The molecule has 0 saturated heterocycles. The topological polar surface area (TPSA) is 37.0 Å². The maximum atomic E-state index is 10.1. The Bertz CT molecular complexity index is 234. The van der Waals surface area contributed by atoms with Crippen molar-refractivity contribution < 1.29 is 9.90 Å². The van der Waals surface area contributed by atoms with Crippen molar-refractivity contribution >= 4 is 5.97 Å². The maximum Gasteiger partial charge on any atom is 0.378 e. The van der Waals surface area contributed by atoms with E-state index in [0.717, 1.165) is 18.9 Å². The van der Waals surface area contributed by atoms with Crippen LogP contribution < -0.4 is 0 Å². The molecule has 0 bridgehead atoms. The zero-order valence-corrected chi connectivity index (χ0v) is 13.4. The Morgan fingerprint density at radius 2 is 1.10 bits per heavy atom. The number of unbranched alkanes of at least 4 members (excludes halogenated alkanes) is 13. The number of hydrogen-bond donors (Lipinski definition) is 0. The van der Waals surface area contributed by atoms with Crippen molar-refractivity contribution in [2.75, 3.05) is 0 Å². The average Bonchev–Trinajstić information content (AvgIpc) is 2.43. The summed E-state index contributed by atoms with van der Waals surface area (Å²) in [6, 6.07) is 0. The highest BCUT2D eigenvalue weighted by Gasteiger charge is 1.93. The Morgan fingerprint density at radius 1 is 0.700 bits per heavy atom. The second kappa shape index (κ2) is 16.3. The minimum Gasteiger partial charge on any atom is -0.242 e. The molecule has 0 aromatic heterocycles. The summed E-state index contributed by atoms with van der Waals surface area (Å²) in [7, 11) is 0. The third-order valence-corrected chi connectivity index (χ3v) is 3.73. The molecule has 117 valence electrons. The van der Waals surface area contributed by atoms with Gasteiger partial charge < -0.3 is 0 Å². The Hall–Kier alpha value is -0.790. The van der Waals surface area contributed by atoms with Crippen molar-refractivity contribution in [1.29, 1.82) is 0 Å². The highest BCUT2D eigenvalue weighted by atomic mass is 16.4. The summed E-state index contributed by atoms with van der Waals surface area (Å²) in [6.45, 7) is 2.26. The van der Waals surface area contributed by atoms with Gasteiger partial charge in [0.15, 0.2) is 0 Å². The zero-order valence-electron chi connectivity index (χ0n) is 13.4. The predicted molar refractivity (Wildman–Crippen MR) is 85.1 cm³/mol. The van der Waals surface area contributed by atoms with Crippen molar-refractivity contribution in [3.05, 3.63) is 12.2 Å². The molecule has 0 atom stereocenters. The van der Waals surface area contributed by atoms with Crippen molar-refractivity contribution in [2.24, 2.45) is 0 Å². The molecule has 0 saturated carbocycles. The van der Waals surface area contributed by atoms with Crippen LogP contribution in [0.3, 0.4) is 0 Å². The molecule has 0 spiro atoms. The molecule has 0 unspecified atom stereocenters. The van der Waals surface area contributed by atoms with E-state index >= 15 is 0 Å². The van der Waals surface area contributed by atoms with Gasteiger partial charge in [0.05, 0.1) is 0 Å². The van der Waals surface area contributed by atoms with Crippen LogP contribution in [0.15, 0.2) is 12.2 Å². The van der Waals surface area contributed by atoms with E-state index in [-0.39, 0.29) is 0 Å². The molecule has 0 aliphatic rings. The lowest BCUT2D eigenvalue weighted by Gasteiger charge is -2.02. The average molecular weight is 281 g/mol. The van der Waals surface area contributed by atoms with E-state index in [4.69, 9.17) is 0 Å². The molecule has 0 rings (SSSR count). The van der Waals surface area contributed by atoms with Crippen LogP contribution in [0.2, 0.25) is 0 Å². The van der Waals surface area contributed by atoms with Crippen LogP contribution in [0.4, 0.5) is 0 Å². The highest BCUT2D eigenvalue weighted by molar-refractivity contribution is 5.79. The van der Waals surface area contributed by atoms with Crippen LogP contribution >= 0.6 is 0 Å². The standard InChI is InChI=1S/C18H33O2/c1-2-3-4-5-6-7-8-9-10-11-12-13-14-15-16-17-18(19)20/h16-17H,2-15H2,1H3/b17-16+. The molecule has 0 aromatic carbocycles. The lowest BCUT2D eigenvalue weighted by molar-refractivity contribution is -0.137. The molecule has 2 heteroatoms. The summed E-state index contributed by atoms with van der Waals surface area (Å²) in [5, 5.41) is 10.1. The van der Waals surface area contributed by atoms with Gasteiger partial charge in [0.25, 0.3) is 0 Å². The summed E-state index contributed by atoms with van der Waals surface area (Å²) in [4.78, 5) is 10.1. The van der Waals surface area contributed by atoms with E-state index in [9.17, 15) is 9.90 Å². The number of carbonyl (C=O) groups excluding carboxylic acids is 1. The van der Waals surface area contributed by atoms with Gasteiger partial charge in [-0.2, -0.15) is 0 Å². The first-order valence-corrected chi connectivity index (χ1v) is 8.65. The van der Waals surface area contributed by atoms with E-state index in [1.54, 1.807) is 6.08 Å². The molecule has 0 fully saturated rings. The zero-order chi connectivity index (χ0) is 14.9. The first-order valence-electron chi connectivity index (χ1n) is 8.65. The van der Waals surface area contributed by atoms with Gasteiger partial charge in [-0.05, 0) is 12.8 Å². The van der Waals surface area contributed by atoms with Gasteiger partial charge in [0.1, 0.15) is 0 Å². The van der Waals surface area contributed by atoms with E-state index in [0.29, 0.717) is 0 Å². The smallest absolute Gasteiger partial charge is 0.242 e. The Labute approximate surface area is 125 Å². The van der Waals surface area contributed by atoms with Crippen LogP contribution in [-0.4, -0.2) is 5.97 Å². The first-order chi connectivity index (χ1) is 9.77. The van der Waals surface area contributed by atoms with Gasteiger partial charge in [-0.1, -0.05) is 90.0 Å². The molecule has 0 aromatic rings. The molecule has 0 N–H and O–H groups in total. The number of allylic oxidation sites excluding steroid dienone is 1. The largest absolute Gasteiger partial charge is 0.378 e. The van der Waals surface area contributed by atoms with Crippen molar-refractivity contribution in [2.45, 2.75) is 96.8 Å². The van der Waals surface area contributed by atoms with Gasteiger partial charge in [0, 0.05) is 6.08 Å². The lowest BCUT2D eigenvalue weighted by Crippen LogP contribution is -1.84. The molecule has 0 heterocycles. The third kappa shape index (κ3) is 17.2. The summed E-state index contributed by atoms with van der Waals surface area (Å²) >= 11 is 0. The van der Waals surface area contributed by atoms with Crippen molar-refractivity contribution in [3.8, 4) is 0 Å². The minimum absolute atomic E-state index is 0.867. The summed E-state index contributed by atoms with van der Waals surface area (Å²) in [6.07, 6.45) is 21.2. The number of rotatable bonds is 15. The van der Waals surface area contributed by atoms with Gasteiger partial charge in [-0.25, -0.2) is 9.90 Å². The molecule has 1 radical (unpaired) electrons. The van der Waals surface area contributed by atoms with Gasteiger partial charge >= 0.3 is 5.97 Å². The highest BCUT2D eigenvalue weighted by Crippen LogP contribution is 2.12. The van der Waals surface area contributed by atoms with Crippen LogP contribution in [0.5, 0.6) is 0 Å². The van der Waals surface area contributed by atoms with Crippen LogP contribution in [0.25, 0.3) is 0 Å². The fraction of sp³-hybridized carbons (Fsp3) is 0.833. The quantitative estimate of drug-likeness (QED) is 0.268. The number of hydrogen-bond acceptors (Lipinski definition) is 1. The fourth-order valence-electron chi connectivity index (χ4n) is 2.46. The second-order valence-electron chi connectivity index (χ2n) is 5.75. The van der Waals surface area contributed by atoms with E-state index in [2.05, 4.69) is 6.92 Å². The Kier molecular flexibility index (Phi) is 15.6. The molecule has 0 amide bonds. The Balaban J connectivity index is 3.01. The molecule has 2 nitrogen and oxygen atoms in total. The molecular weight excluding hydrogens is 248 g/mol. The maximum absolute atomic E-state index is 10.1. The second-order valence-corrected chi connectivity index (χ2v) is 5.75. The summed E-state index contributed by atoms with van der Waals surface area (Å²) in [5.41, 5.74) is 0. The molecule has 0 aliphatic carbocycles. The fourth-order valence-corrected chi connectivity index (χ4v) is 2.46. The van der Waals surface area contributed by atoms with Crippen molar-refractivity contribution in [1.82, 2.24) is 0 Å². The minimum atomic E-state index is -1.08. The summed E-state index contributed by atoms with van der Waals surface area (Å²) < 4.78 is 0. The van der Waals surface area contributed by atoms with E-state index in [1.807, 2.05) is 0 Å². The van der Waals surface area contributed by atoms with Gasteiger partial charge in [-0.15, -0.1) is 0 Å². The summed E-state index contributed by atoms with van der Waals surface area (Å²) in [5.74, 6) is -1.08. The van der Waals surface area contributed by atoms with Crippen LogP contribution in [0, 0.1) is 0 Å². The van der Waals surface area contributed by atoms with E-state index < -0.39 is 5.97 Å². The molecule has 20 heavy (non-hydrogen) atoms. The van der Waals surface area contributed by atoms with Crippen LogP contribution in [0.1, 0.15) is 96.8 Å². The molecular formula is C18H33O2. The van der Waals surface area contributed by atoms with Crippen molar-refractivity contribution in [3.63, 3.8) is 0 Å². The lowest BCUT2D eigenvalue weighted by atomic mass is 10.0. The molecule has 0 aliphatic heterocycles. The third-order valence-electron chi connectivity index (χ3n) is 3.73. The Morgan fingerprint density at radius 3 is 1.50 bits per heavy atom.